The van der Waals surface area contributed by atoms with Crippen LogP contribution in [0.4, 0.5) is 18.9 Å². The molecule has 0 heterocycles. The number of alkyl halides is 3. The Kier molecular flexibility index (Phi) is 14.3. The van der Waals surface area contributed by atoms with Gasteiger partial charge in [0.2, 0.25) is 0 Å². The maximum Gasteiger partial charge on any atom is 0.416 e. The smallest absolute Gasteiger partial charge is 0.378 e. The Bertz CT molecular complexity index is 617. The predicted molar refractivity (Wildman–Crippen MR) is 114 cm³/mol. The molecule has 0 aliphatic heterocycles. The molecule has 0 aliphatic carbocycles. The molecular weight excluding hydrogens is 347 g/mol. The van der Waals surface area contributed by atoms with Crippen LogP contribution in [0.3, 0.4) is 0 Å². The average molecular weight is 384 g/mol. The van der Waals surface area contributed by atoms with Crippen LogP contribution in [0, 0.1) is 6.92 Å². The molecule has 2 aromatic rings. The first-order chi connectivity index (χ1) is 12.6. The number of anilines is 1. The molecule has 154 valence electrons. The fourth-order valence-corrected chi connectivity index (χ4v) is 1.98. The van der Waals surface area contributed by atoms with Crippen molar-refractivity contribution in [3.63, 3.8) is 0 Å². The van der Waals surface area contributed by atoms with Crippen molar-refractivity contribution in [2.75, 3.05) is 19.0 Å². The van der Waals surface area contributed by atoms with Gasteiger partial charge >= 0.3 is 6.18 Å². The summed E-state index contributed by atoms with van der Waals surface area (Å²) in [7, 11) is 4.10. The SMILES string of the molecule is CC.CC.CC(C)c1cccc(C(F)(F)F)c1.Cc1cccc(N(C)C)c1. The first-order valence-corrected chi connectivity index (χ1v) is 9.52. The van der Waals surface area contributed by atoms with Gasteiger partial charge in [0, 0.05) is 19.8 Å². The molecule has 0 bridgehead atoms. The minimum Gasteiger partial charge on any atom is -0.378 e. The van der Waals surface area contributed by atoms with Gasteiger partial charge in [-0.15, -0.1) is 0 Å². The molecule has 0 aliphatic rings. The van der Waals surface area contributed by atoms with Crippen LogP contribution in [0.5, 0.6) is 0 Å². The van der Waals surface area contributed by atoms with Crippen molar-refractivity contribution in [3.05, 3.63) is 65.2 Å². The first kappa shape index (κ1) is 27.3. The van der Waals surface area contributed by atoms with Gasteiger partial charge in [0.25, 0.3) is 0 Å². The third-order valence-electron chi connectivity index (χ3n) is 3.40. The fraction of sp³-hybridized carbons (Fsp3) is 0.478. The third-order valence-corrected chi connectivity index (χ3v) is 3.40. The molecule has 0 spiro atoms. The molecule has 0 saturated heterocycles. The molecule has 27 heavy (non-hydrogen) atoms. The predicted octanol–water partition coefficient (Wildman–Crippen LogP) is 7.94. The Hall–Kier alpha value is -1.97. The summed E-state index contributed by atoms with van der Waals surface area (Å²) in [5, 5.41) is 0. The van der Waals surface area contributed by atoms with E-state index in [0.717, 1.165) is 11.6 Å². The highest BCUT2D eigenvalue weighted by Crippen LogP contribution is 2.30. The lowest BCUT2D eigenvalue weighted by Crippen LogP contribution is -2.08. The number of hydrogen-bond donors (Lipinski definition) is 0. The number of hydrogen-bond acceptors (Lipinski definition) is 1. The fourth-order valence-electron chi connectivity index (χ4n) is 1.98. The maximum atomic E-state index is 12.2. The van der Waals surface area contributed by atoms with Gasteiger partial charge in [0.1, 0.15) is 0 Å². The van der Waals surface area contributed by atoms with Gasteiger partial charge in [-0.3, -0.25) is 0 Å². The molecule has 0 saturated carbocycles. The highest BCUT2D eigenvalue weighted by molar-refractivity contribution is 5.46. The van der Waals surface area contributed by atoms with Crippen LogP contribution in [0.15, 0.2) is 48.5 Å². The van der Waals surface area contributed by atoms with Crippen LogP contribution in [0.25, 0.3) is 0 Å². The molecular formula is C23H36F3N. The lowest BCUT2D eigenvalue weighted by atomic mass is 10.0. The summed E-state index contributed by atoms with van der Waals surface area (Å²) in [6.07, 6.45) is -4.23. The second-order valence-electron chi connectivity index (χ2n) is 6.01. The monoisotopic (exact) mass is 383 g/mol. The van der Waals surface area contributed by atoms with Crippen molar-refractivity contribution in [1.29, 1.82) is 0 Å². The number of benzene rings is 2. The zero-order valence-corrected chi connectivity index (χ0v) is 18.3. The highest BCUT2D eigenvalue weighted by atomic mass is 19.4. The van der Waals surface area contributed by atoms with E-state index >= 15 is 0 Å². The van der Waals surface area contributed by atoms with Crippen molar-refractivity contribution < 1.29 is 13.2 Å². The molecule has 0 amide bonds. The van der Waals surface area contributed by atoms with Gasteiger partial charge < -0.3 is 4.90 Å². The summed E-state index contributed by atoms with van der Waals surface area (Å²) in [6, 6.07) is 13.9. The van der Waals surface area contributed by atoms with Crippen LogP contribution in [0.2, 0.25) is 0 Å². The zero-order chi connectivity index (χ0) is 21.6. The summed E-state index contributed by atoms with van der Waals surface area (Å²) < 4.78 is 36.7. The molecule has 2 rings (SSSR count). The van der Waals surface area contributed by atoms with E-state index in [1.807, 2.05) is 41.5 Å². The quantitative estimate of drug-likeness (QED) is 0.509. The van der Waals surface area contributed by atoms with Crippen LogP contribution in [-0.2, 0) is 6.18 Å². The second kappa shape index (κ2) is 14.1. The van der Waals surface area contributed by atoms with Gasteiger partial charge in [-0.05, 0) is 42.2 Å². The average Bonchev–Trinajstić information content (AvgIpc) is 2.65. The van der Waals surface area contributed by atoms with Gasteiger partial charge in [0.05, 0.1) is 5.56 Å². The Morgan fingerprint density at radius 2 is 1.33 bits per heavy atom. The third kappa shape index (κ3) is 11.4. The van der Waals surface area contributed by atoms with Crippen molar-refractivity contribution in [1.82, 2.24) is 0 Å². The summed E-state index contributed by atoms with van der Waals surface area (Å²) in [4.78, 5) is 2.10. The topological polar surface area (TPSA) is 3.24 Å². The molecule has 0 fully saturated rings. The number of nitrogens with zero attached hydrogens (tertiary/aromatic N) is 1. The van der Waals surface area contributed by atoms with Crippen molar-refractivity contribution in [2.45, 2.75) is 60.6 Å². The van der Waals surface area contributed by atoms with E-state index in [1.165, 1.54) is 23.4 Å². The normalized spacial score (nSPS) is 9.81. The second-order valence-corrected chi connectivity index (χ2v) is 6.01. The van der Waals surface area contributed by atoms with Crippen molar-refractivity contribution >= 4 is 5.69 Å². The Morgan fingerprint density at radius 1 is 0.815 bits per heavy atom. The molecule has 0 aromatic heterocycles. The first-order valence-electron chi connectivity index (χ1n) is 9.52. The van der Waals surface area contributed by atoms with Crippen molar-refractivity contribution in [2.24, 2.45) is 0 Å². The molecule has 0 radical (unpaired) electrons. The van der Waals surface area contributed by atoms with E-state index in [-0.39, 0.29) is 5.92 Å². The largest absolute Gasteiger partial charge is 0.416 e. The van der Waals surface area contributed by atoms with Gasteiger partial charge in [0.15, 0.2) is 0 Å². The molecule has 0 unspecified atom stereocenters. The molecule has 2 aromatic carbocycles. The van der Waals surface area contributed by atoms with E-state index in [0.29, 0.717) is 0 Å². The lowest BCUT2D eigenvalue weighted by molar-refractivity contribution is -0.137. The van der Waals surface area contributed by atoms with E-state index in [1.54, 1.807) is 6.07 Å². The van der Waals surface area contributed by atoms with Crippen LogP contribution in [0.1, 0.15) is 64.2 Å². The number of rotatable bonds is 2. The minimum absolute atomic E-state index is 0.127. The summed E-state index contributed by atoms with van der Waals surface area (Å²) in [5.41, 5.74) is 2.72. The van der Waals surface area contributed by atoms with E-state index in [9.17, 15) is 13.2 Å². The van der Waals surface area contributed by atoms with E-state index in [4.69, 9.17) is 0 Å². The van der Waals surface area contributed by atoms with Gasteiger partial charge in [-0.2, -0.15) is 13.2 Å². The molecule has 1 nitrogen and oxygen atoms in total. The Morgan fingerprint density at radius 3 is 1.70 bits per heavy atom. The Balaban J connectivity index is 0. The maximum absolute atomic E-state index is 12.2. The van der Waals surface area contributed by atoms with Crippen molar-refractivity contribution in [3.8, 4) is 0 Å². The summed E-state index contributed by atoms with van der Waals surface area (Å²) in [6.45, 7) is 13.8. The summed E-state index contributed by atoms with van der Waals surface area (Å²) >= 11 is 0. The summed E-state index contributed by atoms with van der Waals surface area (Å²) in [5.74, 6) is 0.127. The van der Waals surface area contributed by atoms with Crippen LogP contribution >= 0.6 is 0 Å². The highest BCUT2D eigenvalue weighted by Gasteiger charge is 2.30. The lowest BCUT2D eigenvalue weighted by Gasteiger charge is -2.11. The molecule has 0 atom stereocenters. The molecule has 0 N–H and O–H groups in total. The standard InChI is InChI=1S/C10H11F3.C9H13N.2C2H6/c1-7(2)8-4-3-5-9(6-8)10(11,12)13;1-8-5-4-6-9(7-8)10(2)3;2*1-2/h3-7H,1-2H3;4-7H,1-3H3;2*1-2H3. The van der Waals surface area contributed by atoms with Crippen LogP contribution < -0.4 is 4.90 Å². The van der Waals surface area contributed by atoms with Gasteiger partial charge in [-0.25, -0.2) is 0 Å². The van der Waals surface area contributed by atoms with E-state index in [2.05, 4.69) is 50.2 Å². The number of halogens is 3. The van der Waals surface area contributed by atoms with E-state index < -0.39 is 11.7 Å². The van der Waals surface area contributed by atoms with Crippen LogP contribution in [-0.4, -0.2) is 14.1 Å². The molecule has 4 heteroatoms. The number of aryl methyl sites for hydroxylation is 1. The Labute approximate surface area is 164 Å². The van der Waals surface area contributed by atoms with Gasteiger partial charge in [-0.1, -0.05) is 71.9 Å². The minimum atomic E-state index is -4.23. The zero-order valence-electron chi connectivity index (χ0n) is 18.3.